The number of unbranched alkanes of at least 4 members (excludes halogenated alkanes) is 5. The molecule has 0 aliphatic heterocycles. The van der Waals surface area contributed by atoms with Crippen LogP contribution in [0.1, 0.15) is 145 Å². The molecule has 0 bridgehead atoms. The molecule has 4 unspecified atom stereocenters. The lowest BCUT2D eigenvalue weighted by Crippen LogP contribution is -2.41. The second-order valence-corrected chi connectivity index (χ2v) is 12.2. The van der Waals surface area contributed by atoms with Crippen molar-refractivity contribution < 1.29 is 0 Å². The summed E-state index contributed by atoms with van der Waals surface area (Å²) in [5, 5.41) is 7.49. The Labute approximate surface area is 241 Å². The summed E-state index contributed by atoms with van der Waals surface area (Å²) < 4.78 is 0. The first kappa shape index (κ1) is 37.8. The third-order valence-electron chi connectivity index (χ3n) is 8.79. The first-order valence-electron chi connectivity index (χ1n) is 17.4. The molecule has 4 nitrogen and oxygen atoms in total. The zero-order chi connectivity index (χ0) is 28.4. The molecule has 0 amide bonds. The van der Waals surface area contributed by atoms with Crippen LogP contribution in [0.25, 0.3) is 0 Å². The standard InChI is InChI=1S/C34H74N4/c1-9-15-27-37(28-16-10-2)33(13-5)31(7)21-25-35-23-19-20-24-36-26-22-32(8)34(14-6)38(29-17-11-3)30-18-12-4/h31-36H,9-30H2,1-8H3. The van der Waals surface area contributed by atoms with Crippen LogP contribution in [0.15, 0.2) is 0 Å². The van der Waals surface area contributed by atoms with Crippen molar-refractivity contribution in [1.29, 1.82) is 0 Å². The molecule has 0 heterocycles. The zero-order valence-corrected chi connectivity index (χ0v) is 27.8. The van der Waals surface area contributed by atoms with Gasteiger partial charge >= 0.3 is 0 Å². The van der Waals surface area contributed by atoms with E-state index in [-0.39, 0.29) is 0 Å². The fraction of sp³-hybridized carbons (Fsp3) is 1.00. The van der Waals surface area contributed by atoms with Crippen LogP contribution in [0.5, 0.6) is 0 Å². The lowest BCUT2D eigenvalue weighted by molar-refractivity contribution is 0.134. The normalized spacial score (nSPS) is 15.3. The number of rotatable bonds is 29. The minimum absolute atomic E-state index is 0.749. The Morgan fingerprint density at radius 3 is 1.03 bits per heavy atom. The fourth-order valence-electron chi connectivity index (χ4n) is 6.17. The van der Waals surface area contributed by atoms with E-state index in [0.29, 0.717) is 0 Å². The van der Waals surface area contributed by atoms with Crippen LogP contribution in [0.2, 0.25) is 0 Å². The van der Waals surface area contributed by atoms with Gasteiger partial charge in [-0.1, -0.05) is 81.1 Å². The predicted octanol–water partition coefficient (Wildman–Crippen LogP) is 8.36. The quantitative estimate of drug-likeness (QED) is 0.0937. The third kappa shape index (κ3) is 18.2. The second kappa shape index (κ2) is 27.0. The maximum absolute atomic E-state index is 3.75. The van der Waals surface area contributed by atoms with Gasteiger partial charge in [0.2, 0.25) is 0 Å². The molecule has 230 valence electrons. The molecule has 0 fully saturated rings. The molecule has 0 saturated carbocycles. The van der Waals surface area contributed by atoms with Gasteiger partial charge < -0.3 is 20.4 Å². The van der Waals surface area contributed by atoms with E-state index in [1.807, 2.05) is 0 Å². The van der Waals surface area contributed by atoms with Gasteiger partial charge in [-0.05, 0) is 128 Å². The highest BCUT2D eigenvalue weighted by Gasteiger charge is 2.23. The van der Waals surface area contributed by atoms with E-state index in [1.165, 1.54) is 142 Å². The highest BCUT2D eigenvalue weighted by atomic mass is 15.2. The van der Waals surface area contributed by atoms with Crippen molar-refractivity contribution in [2.75, 3.05) is 52.4 Å². The van der Waals surface area contributed by atoms with E-state index >= 15 is 0 Å². The van der Waals surface area contributed by atoms with E-state index < -0.39 is 0 Å². The topological polar surface area (TPSA) is 30.5 Å². The van der Waals surface area contributed by atoms with Crippen LogP contribution in [0, 0.1) is 11.8 Å². The van der Waals surface area contributed by atoms with Crippen LogP contribution < -0.4 is 10.6 Å². The van der Waals surface area contributed by atoms with E-state index in [9.17, 15) is 0 Å². The van der Waals surface area contributed by atoms with Gasteiger partial charge in [-0.3, -0.25) is 0 Å². The van der Waals surface area contributed by atoms with Gasteiger partial charge in [0.05, 0.1) is 0 Å². The lowest BCUT2D eigenvalue weighted by atomic mass is 9.93. The van der Waals surface area contributed by atoms with Crippen LogP contribution in [0.3, 0.4) is 0 Å². The minimum Gasteiger partial charge on any atom is -0.317 e. The maximum Gasteiger partial charge on any atom is 0.0119 e. The molecule has 0 radical (unpaired) electrons. The summed E-state index contributed by atoms with van der Waals surface area (Å²) >= 11 is 0. The molecule has 0 rings (SSSR count). The van der Waals surface area contributed by atoms with Crippen molar-refractivity contribution in [1.82, 2.24) is 20.4 Å². The van der Waals surface area contributed by atoms with E-state index in [1.54, 1.807) is 0 Å². The fourth-order valence-corrected chi connectivity index (χ4v) is 6.17. The maximum atomic E-state index is 3.75. The Balaban J connectivity index is 4.10. The minimum atomic E-state index is 0.749. The van der Waals surface area contributed by atoms with Gasteiger partial charge in [0, 0.05) is 12.1 Å². The smallest absolute Gasteiger partial charge is 0.0119 e. The molecule has 38 heavy (non-hydrogen) atoms. The van der Waals surface area contributed by atoms with Crippen molar-refractivity contribution in [3.05, 3.63) is 0 Å². The molecule has 0 spiro atoms. The Morgan fingerprint density at radius 2 is 0.763 bits per heavy atom. The predicted molar refractivity (Wildman–Crippen MR) is 173 cm³/mol. The Hall–Kier alpha value is -0.160. The van der Waals surface area contributed by atoms with Gasteiger partial charge in [-0.25, -0.2) is 0 Å². The molecular weight excluding hydrogens is 464 g/mol. The first-order chi connectivity index (χ1) is 18.5. The molecule has 0 aromatic heterocycles. The third-order valence-corrected chi connectivity index (χ3v) is 8.79. The molecule has 0 saturated heterocycles. The Morgan fingerprint density at radius 1 is 0.447 bits per heavy atom. The number of nitrogens with one attached hydrogen (secondary N) is 2. The van der Waals surface area contributed by atoms with Crippen molar-refractivity contribution >= 4 is 0 Å². The summed E-state index contributed by atoms with van der Waals surface area (Å²) in [4.78, 5) is 5.61. The lowest BCUT2D eigenvalue weighted by Gasteiger charge is -2.35. The largest absolute Gasteiger partial charge is 0.317 e. The van der Waals surface area contributed by atoms with Gasteiger partial charge in [0.15, 0.2) is 0 Å². The number of nitrogens with zero attached hydrogens (tertiary/aromatic N) is 2. The van der Waals surface area contributed by atoms with Gasteiger partial charge in [-0.15, -0.1) is 0 Å². The van der Waals surface area contributed by atoms with E-state index in [4.69, 9.17) is 0 Å². The van der Waals surface area contributed by atoms with Crippen molar-refractivity contribution in [3.63, 3.8) is 0 Å². The molecular formula is C34H74N4. The van der Waals surface area contributed by atoms with Crippen molar-refractivity contribution in [2.24, 2.45) is 11.8 Å². The Bertz CT molecular complexity index is 413. The van der Waals surface area contributed by atoms with Crippen LogP contribution in [0.4, 0.5) is 0 Å². The average molecular weight is 539 g/mol. The van der Waals surface area contributed by atoms with Crippen molar-refractivity contribution in [3.8, 4) is 0 Å². The zero-order valence-electron chi connectivity index (χ0n) is 27.8. The summed E-state index contributed by atoms with van der Waals surface area (Å²) in [5.41, 5.74) is 0. The highest BCUT2D eigenvalue weighted by Crippen LogP contribution is 2.20. The summed E-state index contributed by atoms with van der Waals surface area (Å²) in [6, 6.07) is 1.50. The molecule has 4 atom stereocenters. The van der Waals surface area contributed by atoms with Crippen molar-refractivity contribution in [2.45, 2.75) is 157 Å². The molecule has 2 N–H and O–H groups in total. The first-order valence-corrected chi connectivity index (χ1v) is 17.4. The SMILES string of the molecule is CCCCN(CCCC)C(CC)C(C)CCNCCCCNCCC(C)C(CC)N(CCCC)CCCC. The Kier molecular flexibility index (Phi) is 26.9. The second-order valence-electron chi connectivity index (χ2n) is 12.2. The number of hydrogen-bond acceptors (Lipinski definition) is 4. The monoisotopic (exact) mass is 539 g/mol. The van der Waals surface area contributed by atoms with E-state index in [0.717, 1.165) is 23.9 Å². The highest BCUT2D eigenvalue weighted by molar-refractivity contribution is 4.78. The number of hydrogen-bond donors (Lipinski definition) is 2. The van der Waals surface area contributed by atoms with Gasteiger partial charge in [-0.2, -0.15) is 0 Å². The molecule has 0 aromatic rings. The van der Waals surface area contributed by atoms with Crippen LogP contribution in [-0.2, 0) is 0 Å². The molecule has 0 aromatic carbocycles. The van der Waals surface area contributed by atoms with Gasteiger partial charge in [0.1, 0.15) is 0 Å². The average Bonchev–Trinajstić information content (AvgIpc) is 2.92. The summed E-state index contributed by atoms with van der Waals surface area (Å²) in [5.74, 6) is 1.55. The van der Waals surface area contributed by atoms with Crippen LogP contribution >= 0.6 is 0 Å². The molecule has 0 aliphatic carbocycles. The summed E-state index contributed by atoms with van der Waals surface area (Å²) in [6.45, 7) is 28.9. The van der Waals surface area contributed by atoms with E-state index in [2.05, 4.69) is 75.8 Å². The summed E-state index contributed by atoms with van der Waals surface area (Å²) in [6.07, 6.45) is 18.3. The van der Waals surface area contributed by atoms with Crippen LogP contribution in [-0.4, -0.2) is 74.2 Å². The molecule has 0 aliphatic rings. The van der Waals surface area contributed by atoms with Gasteiger partial charge in [0.25, 0.3) is 0 Å². The molecule has 4 heteroatoms. The summed E-state index contributed by atoms with van der Waals surface area (Å²) in [7, 11) is 0.